The zero-order valence-corrected chi connectivity index (χ0v) is 13.4. The van der Waals surface area contributed by atoms with Crippen molar-refractivity contribution < 1.29 is 23.9 Å². The lowest BCUT2D eigenvalue weighted by molar-refractivity contribution is -0.119. The summed E-state index contributed by atoms with van der Waals surface area (Å²) in [5, 5.41) is 4.36. The molecule has 1 heterocycles. The van der Waals surface area contributed by atoms with Gasteiger partial charge in [-0.2, -0.15) is 0 Å². The van der Waals surface area contributed by atoms with E-state index in [0.29, 0.717) is 16.1 Å². The summed E-state index contributed by atoms with van der Waals surface area (Å²) in [4.78, 5) is 35.5. The van der Waals surface area contributed by atoms with Crippen LogP contribution in [0, 0.1) is 6.92 Å². The molecule has 0 radical (unpaired) electrons. The fraction of sp³-hybridized carbons (Fsp3) is 0.188. The highest BCUT2D eigenvalue weighted by molar-refractivity contribution is 7.11. The Morgan fingerprint density at radius 1 is 1.17 bits per heavy atom. The first-order valence-corrected chi connectivity index (χ1v) is 7.58. The topological polar surface area (TPSA) is 81.7 Å². The molecular weight excluding hydrogens is 318 g/mol. The van der Waals surface area contributed by atoms with Crippen molar-refractivity contribution in [2.45, 2.75) is 6.92 Å². The summed E-state index contributed by atoms with van der Waals surface area (Å²) >= 11 is 1.24. The molecule has 0 atom stereocenters. The summed E-state index contributed by atoms with van der Waals surface area (Å²) in [6, 6.07) is 8.16. The van der Waals surface area contributed by atoms with Crippen molar-refractivity contribution in [3.8, 4) is 0 Å². The molecule has 1 aromatic carbocycles. The van der Waals surface area contributed by atoms with Gasteiger partial charge in [-0.05, 0) is 36.1 Å². The first kappa shape index (κ1) is 16.7. The number of aryl methyl sites for hydroxylation is 1. The van der Waals surface area contributed by atoms with Gasteiger partial charge in [-0.1, -0.05) is 12.1 Å². The van der Waals surface area contributed by atoms with Crippen LogP contribution in [0.1, 0.15) is 25.6 Å². The number of carbonyl (C=O) groups excluding carboxylic acids is 3. The van der Waals surface area contributed by atoms with Crippen LogP contribution in [0.2, 0.25) is 0 Å². The zero-order chi connectivity index (χ0) is 16.8. The highest BCUT2D eigenvalue weighted by atomic mass is 32.1. The number of amides is 1. The van der Waals surface area contributed by atoms with E-state index in [-0.39, 0.29) is 0 Å². The number of thiophene rings is 1. The molecule has 0 spiro atoms. The minimum atomic E-state index is -0.546. The van der Waals surface area contributed by atoms with Gasteiger partial charge >= 0.3 is 11.9 Å². The number of anilines is 1. The third-order valence-corrected chi connectivity index (χ3v) is 3.84. The normalized spacial score (nSPS) is 10.0. The summed E-state index contributed by atoms with van der Waals surface area (Å²) in [6.07, 6.45) is 0. The van der Waals surface area contributed by atoms with Crippen LogP contribution in [0.4, 0.5) is 5.69 Å². The number of carbonyl (C=O) groups is 3. The second kappa shape index (κ2) is 7.55. The van der Waals surface area contributed by atoms with Crippen molar-refractivity contribution in [1.29, 1.82) is 0 Å². The van der Waals surface area contributed by atoms with E-state index < -0.39 is 24.5 Å². The lowest BCUT2D eigenvalue weighted by Crippen LogP contribution is -2.21. The van der Waals surface area contributed by atoms with Gasteiger partial charge < -0.3 is 14.8 Å². The van der Waals surface area contributed by atoms with Gasteiger partial charge in [-0.15, -0.1) is 11.3 Å². The monoisotopic (exact) mass is 333 g/mol. The number of esters is 2. The number of nitrogens with one attached hydrogen (secondary N) is 1. The average molecular weight is 333 g/mol. The van der Waals surface area contributed by atoms with Crippen LogP contribution < -0.4 is 5.32 Å². The van der Waals surface area contributed by atoms with E-state index in [9.17, 15) is 14.4 Å². The predicted octanol–water partition coefficient (Wildman–Crippen LogP) is 2.64. The van der Waals surface area contributed by atoms with Crippen LogP contribution in [-0.4, -0.2) is 31.6 Å². The van der Waals surface area contributed by atoms with Gasteiger partial charge in [0, 0.05) is 5.69 Å². The molecule has 120 valence electrons. The molecular formula is C16H15NO5S. The number of rotatable bonds is 5. The average Bonchev–Trinajstić information content (AvgIpc) is 3.08. The van der Waals surface area contributed by atoms with E-state index in [1.165, 1.54) is 24.5 Å². The highest BCUT2D eigenvalue weighted by Crippen LogP contribution is 2.17. The van der Waals surface area contributed by atoms with Crippen LogP contribution in [0.25, 0.3) is 0 Å². The van der Waals surface area contributed by atoms with Gasteiger partial charge in [0.2, 0.25) is 0 Å². The Bertz CT molecular complexity index is 724. The molecule has 0 aliphatic carbocycles. The number of hydrogen-bond acceptors (Lipinski definition) is 6. The lowest BCUT2D eigenvalue weighted by Gasteiger charge is -2.10. The molecule has 0 aliphatic rings. The first-order chi connectivity index (χ1) is 11.0. The lowest BCUT2D eigenvalue weighted by atomic mass is 10.1. The number of benzene rings is 1. The minimum Gasteiger partial charge on any atom is -0.465 e. The van der Waals surface area contributed by atoms with Gasteiger partial charge in [0.15, 0.2) is 6.61 Å². The molecule has 0 aliphatic heterocycles. The van der Waals surface area contributed by atoms with Crippen LogP contribution >= 0.6 is 11.3 Å². The Balaban J connectivity index is 1.97. The highest BCUT2D eigenvalue weighted by Gasteiger charge is 2.13. The van der Waals surface area contributed by atoms with E-state index in [0.717, 1.165) is 5.56 Å². The third-order valence-electron chi connectivity index (χ3n) is 2.99. The largest absolute Gasteiger partial charge is 0.465 e. The van der Waals surface area contributed by atoms with E-state index in [1.54, 1.807) is 36.6 Å². The zero-order valence-electron chi connectivity index (χ0n) is 12.6. The molecule has 0 fully saturated rings. The second-order valence-electron chi connectivity index (χ2n) is 4.62. The van der Waals surface area contributed by atoms with Crippen molar-refractivity contribution in [2.24, 2.45) is 0 Å². The quantitative estimate of drug-likeness (QED) is 0.851. The van der Waals surface area contributed by atoms with Crippen LogP contribution in [0.15, 0.2) is 35.7 Å². The molecule has 0 bridgehead atoms. The molecule has 0 saturated carbocycles. The van der Waals surface area contributed by atoms with Gasteiger partial charge in [-0.3, -0.25) is 4.79 Å². The fourth-order valence-electron chi connectivity index (χ4n) is 1.78. The van der Waals surface area contributed by atoms with Crippen LogP contribution in [0.3, 0.4) is 0 Å². The van der Waals surface area contributed by atoms with E-state index in [2.05, 4.69) is 10.1 Å². The maximum absolute atomic E-state index is 11.9. The standard InChI is InChI=1S/C16H15NO5S/c1-10-5-6-11(15(19)21-2)8-12(10)17-14(18)9-22-16(20)13-4-3-7-23-13/h3-8H,9H2,1-2H3,(H,17,18). The maximum Gasteiger partial charge on any atom is 0.348 e. The Morgan fingerprint density at radius 3 is 2.61 bits per heavy atom. The summed E-state index contributed by atoms with van der Waals surface area (Å²) in [7, 11) is 1.28. The third kappa shape index (κ3) is 4.40. The molecule has 23 heavy (non-hydrogen) atoms. The van der Waals surface area contributed by atoms with E-state index in [1.807, 2.05) is 0 Å². The molecule has 1 N–H and O–H groups in total. The second-order valence-corrected chi connectivity index (χ2v) is 5.57. The van der Waals surface area contributed by atoms with Crippen molar-refractivity contribution in [2.75, 3.05) is 19.0 Å². The molecule has 6 nitrogen and oxygen atoms in total. The Kier molecular flexibility index (Phi) is 5.48. The number of hydrogen-bond donors (Lipinski definition) is 1. The Morgan fingerprint density at radius 2 is 1.96 bits per heavy atom. The maximum atomic E-state index is 11.9. The molecule has 1 aromatic heterocycles. The Hall–Kier alpha value is -2.67. The van der Waals surface area contributed by atoms with Crippen molar-refractivity contribution in [3.05, 3.63) is 51.7 Å². The van der Waals surface area contributed by atoms with Crippen LogP contribution in [-0.2, 0) is 14.3 Å². The fourth-order valence-corrected chi connectivity index (χ4v) is 2.40. The van der Waals surface area contributed by atoms with Gasteiger partial charge in [0.25, 0.3) is 5.91 Å². The van der Waals surface area contributed by atoms with E-state index in [4.69, 9.17) is 4.74 Å². The SMILES string of the molecule is COC(=O)c1ccc(C)c(NC(=O)COC(=O)c2cccs2)c1. The van der Waals surface area contributed by atoms with Crippen molar-refractivity contribution in [3.63, 3.8) is 0 Å². The molecule has 0 saturated heterocycles. The number of ether oxygens (including phenoxy) is 2. The summed E-state index contributed by atoms with van der Waals surface area (Å²) < 4.78 is 9.56. The smallest absolute Gasteiger partial charge is 0.348 e. The van der Waals surface area contributed by atoms with E-state index >= 15 is 0 Å². The molecule has 2 rings (SSSR count). The Labute approximate surface area is 137 Å². The van der Waals surface area contributed by atoms with Crippen LogP contribution in [0.5, 0.6) is 0 Å². The molecule has 7 heteroatoms. The van der Waals surface area contributed by atoms with Gasteiger partial charge in [-0.25, -0.2) is 9.59 Å². The molecule has 2 aromatic rings. The summed E-state index contributed by atoms with van der Waals surface area (Å²) in [5.41, 5.74) is 1.56. The van der Waals surface area contributed by atoms with Gasteiger partial charge in [0.1, 0.15) is 4.88 Å². The summed E-state index contributed by atoms with van der Waals surface area (Å²) in [6.45, 7) is 1.38. The molecule has 1 amide bonds. The first-order valence-electron chi connectivity index (χ1n) is 6.70. The predicted molar refractivity (Wildman–Crippen MR) is 85.7 cm³/mol. The molecule has 0 unspecified atom stereocenters. The van der Waals surface area contributed by atoms with Gasteiger partial charge in [0.05, 0.1) is 12.7 Å². The summed E-state index contributed by atoms with van der Waals surface area (Å²) in [5.74, 6) is -1.53. The minimum absolute atomic E-state index is 0.323. The van der Waals surface area contributed by atoms with Crippen molar-refractivity contribution in [1.82, 2.24) is 0 Å². The number of methoxy groups -OCH3 is 1. The van der Waals surface area contributed by atoms with Crippen molar-refractivity contribution >= 4 is 34.9 Å².